The van der Waals surface area contributed by atoms with Gasteiger partial charge in [-0.1, -0.05) is 23.7 Å². The van der Waals surface area contributed by atoms with Crippen molar-refractivity contribution in [2.45, 2.75) is 19.3 Å². The molecule has 1 N–H and O–H groups in total. The molecule has 0 aromatic heterocycles. The van der Waals surface area contributed by atoms with Crippen LogP contribution in [0.5, 0.6) is 0 Å². The number of fused-ring (bicyclic) bond motifs is 1. The molecule has 0 atom stereocenters. The minimum absolute atomic E-state index is 0.00301. The van der Waals surface area contributed by atoms with Crippen molar-refractivity contribution in [3.63, 3.8) is 0 Å². The Labute approximate surface area is 121 Å². The highest BCUT2D eigenvalue weighted by atomic mass is 35.5. The number of carbonyl (C=O) groups excluding carboxylic acids is 1. The van der Waals surface area contributed by atoms with E-state index < -0.39 is 5.82 Å². The first-order chi connectivity index (χ1) is 9.65. The van der Waals surface area contributed by atoms with Crippen molar-refractivity contribution in [3.05, 3.63) is 63.9 Å². The highest BCUT2D eigenvalue weighted by Crippen LogP contribution is 2.25. The third-order valence-corrected chi connectivity index (χ3v) is 3.85. The van der Waals surface area contributed by atoms with Crippen molar-refractivity contribution in [3.8, 4) is 0 Å². The van der Waals surface area contributed by atoms with Crippen LogP contribution in [0.2, 0.25) is 5.02 Å². The summed E-state index contributed by atoms with van der Waals surface area (Å²) in [6.07, 6.45) is 3.20. The number of carbonyl (C=O) groups is 1. The molecule has 3 rings (SSSR count). The Bertz CT molecular complexity index is 684. The average Bonchev–Trinajstić information content (AvgIpc) is 2.91. The largest absolute Gasteiger partial charge is 0.319 e. The molecule has 2 nitrogen and oxygen atoms in total. The van der Waals surface area contributed by atoms with E-state index in [4.69, 9.17) is 11.6 Å². The number of anilines is 1. The van der Waals surface area contributed by atoms with Crippen molar-refractivity contribution < 1.29 is 9.18 Å². The van der Waals surface area contributed by atoms with Crippen molar-refractivity contribution in [2.75, 3.05) is 5.32 Å². The Morgan fingerprint density at radius 1 is 1.15 bits per heavy atom. The van der Waals surface area contributed by atoms with E-state index in [0.717, 1.165) is 19.3 Å². The molecule has 0 unspecified atom stereocenters. The Balaban J connectivity index is 1.84. The molecule has 20 heavy (non-hydrogen) atoms. The molecule has 0 saturated heterocycles. The van der Waals surface area contributed by atoms with Gasteiger partial charge in [0, 0.05) is 5.56 Å². The van der Waals surface area contributed by atoms with Gasteiger partial charge in [0.05, 0.1) is 10.7 Å². The molecule has 1 aliphatic rings. The number of benzene rings is 2. The first kappa shape index (κ1) is 13.1. The summed E-state index contributed by atoms with van der Waals surface area (Å²) in [7, 11) is 0. The topological polar surface area (TPSA) is 29.1 Å². The molecule has 0 spiro atoms. The van der Waals surface area contributed by atoms with Gasteiger partial charge in [0.2, 0.25) is 0 Å². The van der Waals surface area contributed by atoms with E-state index >= 15 is 0 Å². The molecule has 2 aromatic rings. The van der Waals surface area contributed by atoms with Crippen LogP contribution >= 0.6 is 11.6 Å². The van der Waals surface area contributed by atoms with Crippen LogP contribution in [-0.2, 0) is 12.8 Å². The molecule has 0 aliphatic heterocycles. The number of amides is 1. The van der Waals surface area contributed by atoms with Crippen LogP contribution in [0.4, 0.5) is 10.1 Å². The van der Waals surface area contributed by atoms with Crippen LogP contribution in [0.15, 0.2) is 36.4 Å². The van der Waals surface area contributed by atoms with E-state index in [0.29, 0.717) is 5.56 Å². The van der Waals surface area contributed by atoms with E-state index in [1.807, 2.05) is 12.1 Å². The fourth-order valence-electron chi connectivity index (χ4n) is 2.51. The van der Waals surface area contributed by atoms with Crippen LogP contribution < -0.4 is 5.32 Å². The molecule has 4 heteroatoms. The summed E-state index contributed by atoms with van der Waals surface area (Å²) in [5, 5.41) is 2.56. The molecule has 0 fully saturated rings. The van der Waals surface area contributed by atoms with Gasteiger partial charge in [0.25, 0.3) is 5.91 Å². The van der Waals surface area contributed by atoms with Gasteiger partial charge >= 0.3 is 0 Å². The van der Waals surface area contributed by atoms with Gasteiger partial charge < -0.3 is 5.32 Å². The predicted octanol–water partition coefficient (Wildman–Crippen LogP) is 4.22. The standard InChI is InChI=1S/C16H13ClFNO/c17-13-5-2-6-14(15(13)18)19-16(20)12-8-7-10-3-1-4-11(10)9-12/h2,5-9H,1,3-4H2,(H,19,20). The maximum atomic E-state index is 13.8. The van der Waals surface area contributed by atoms with Crippen molar-refractivity contribution in [2.24, 2.45) is 0 Å². The predicted molar refractivity (Wildman–Crippen MR) is 77.8 cm³/mol. The van der Waals surface area contributed by atoms with Crippen LogP contribution in [0.25, 0.3) is 0 Å². The summed E-state index contributed by atoms with van der Waals surface area (Å²) in [6, 6.07) is 10.2. The van der Waals surface area contributed by atoms with E-state index in [2.05, 4.69) is 5.32 Å². The van der Waals surface area contributed by atoms with E-state index in [-0.39, 0.29) is 16.6 Å². The zero-order chi connectivity index (χ0) is 14.1. The van der Waals surface area contributed by atoms with Crippen LogP contribution in [0, 0.1) is 5.82 Å². The molecule has 2 aromatic carbocycles. The lowest BCUT2D eigenvalue weighted by Gasteiger charge is -2.08. The zero-order valence-electron chi connectivity index (χ0n) is 10.7. The Hall–Kier alpha value is -1.87. The van der Waals surface area contributed by atoms with Crippen LogP contribution in [0.1, 0.15) is 27.9 Å². The van der Waals surface area contributed by atoms with Crippen LogP contribution in [0.3, 0.4) is 0 Å². The molecular formula is C16H13ClFNO. The van der Waals surface area contributed by atoms with Crippen molar-refractivity contribution in [1.29, 1.82) is 0 Å². The monoisotopic (exact) mass is 289 g/mol. The summed E-state index contributed by atoms with van der Waals surface area (Å²) < 4.78 is 13.8. The lowest BCUT2D eigenvalue weighted by atomic mass is 10.1. The number of hydrogen-bond donors (Lipinski definition) is 1. The zero-order valence-corrected chi connectivity index (χ0v) is 11.5. The quantitative estimate of drug-likeness (QED) is 0.881. The van der Waals surface area contributed by atoms with Gasteiger partial charge in [-0.2, -0.15) is 0 Å². The van der Waals surface area contributed by atoms with Gasteiger partial charge in [-0.05, 0) is 54.7 Å². The summed E-state index contributed by atoms with van der Waals surface area (Å²) in [4.78, 5) is 12.2. The highest BCUT2D eigenvalue weighted by molar-refractivity contribution is 6.31. The number of halogens is 2. The number of aryl methyl sites for hydroxylation is 2. The SMILES string of the molecule is O=C(Nc1cccc(Cl)c1F)c1ccc2c(c1)CCC2. The summed E-state index contributed by atoms with van der Waals surface area (Å²) in [6.45, 7) is 0. The van der Waals surface area contributed by atoms with Gasteiger partial charge in [0.15, 0.2) is 5.82 Å². The second-order valence-corrected chi connectivity index (χ2v) is 5.30. The lowest BCUT2D eigenvalue weighted by Crippen LogP contribution is -2.13. The second kappa shape index (κ2) is 5.25. The molecule has 0 radical (unpaired) electrons. The number of hydrogen-bond acceptors (Lipinski definition) is 1. The van der Waals surface area contributed by atoms with Crippen LogP contribution in [-0.4, -0.2) is 5.91 Å². The summed E-state index contributed by atoms with van der Waals surface area (Å²) in [5.74, 6) is -0.926. The fraction of sp³-hybridized carbons (Fsp3) is 0.188. The third kappa shape index (κ3) is 2.41. The highest BCUT2D eigenvalue weighted by Gasteiger charge is 2.15. The average molecular weight is 290 g/mol. The van der Waals surface area contributed by atoms with E-state index in [1.165, 1.54) is 23.3 Å². The molecule has 0 saturated carbocycles. The van der Waals surface area contributed by atoms with E-state index in [1.54, 1.807) is 12.1 Å². The first-order valence-electron chi connectivity index (χ1n) is 6.52. The van der Waals surface area contributed by atoms with E-state index in [9.17, 15) is 9.18 Å². The molecule has 0 bridgehead atoms. The maximum absolute atomic E-state index is 13.8. The number of nitrogens with one attached hydrogen (secondary N) is 1. The second-order valence-electron chi connectivity index (χ2n) is 4.89. The fourth-order valence-corrected chi connectivity index (χ4v) is 2.68. The molecule has 1 amide bonds. The molecule has 0 heterocycles. The molecular weight excluding hydrogens is 277 g/mol. The minimum atomic E-state index is -0.608. The third-order valence-electron chi connectivity index (χ3n) is 3.56. The Morgan fingerprint density at radius 3 is 2.80 bits per heavy atom. The number of rotatable bonds is 2. The molecule has 102 valence electrons. The summed E-state index contributed by atoms with van der Waals surface area (Å²) in [5.41, 5.74) is 3.16. The van der Waals surface area contributed by atoms with Crippen molar-refractivity contribution >= 4 is 23.2 Å². The van der Waals surface area contributed by atoms with Gasteiger partial charge in [-0.3, -0.25) is 4.79 Å². The van der Waals surface area contributed by atoms with Crippen molar-refractivity contribution in [1.82, 2.24) is 0 Å². The normalized spacial score (nSPS) is 13.1. The Morgan fingerprint density at radius 2 is 1.95 bits per heavy atom. The maximum Gasteiger partial charge on any atom is 0.255 e. The first-order valence-corrected chi connectivity index (χ1v) is 6.90. The smallest absolute Gasteiger partial charge is 0.255 e. The Kier molecular flexibility index (Phi) is 3.45. The van der Waals surface area contributed by atoms with Gasteiger partial charge in [-0.25, -0.2) is 4.39 Å². The summed E-state index contributed by atoms with van der Waals surface area (Å²) >= 11 is 5.69. The van der Waals surface area contributed by atoms with Gasteiger partial charge in [-0.15, -0.1) is 0 Å². The lowest BCUT2D eigenvalue weighted by molar-refractivity contribution is 0.102. The molecule has 1 aliphatic carbocycles. The minimum Gasteiger partial charge on any atom is -0.319 e. The van der Waals surface area contributed by atoms with Gasteiger partial charge in [0.1, 0.15) is 0 Å².